The molecule has 1 N–H and O–H groups in total. The summed E-state index contributed by atoms with van der Waals surface area (Å²) >= 11 is 1.68. The summed E-state index contributed by atoms with van der Waals surface area (Å²) in [7, 11) is 3.87. The molecule has 0 radical (unpaired) electrons. The van der Waals surface area contributed by atoms with Gasteiger partial charge in [0.05, 0.1) is 23.6 Å². The minimum atomic E-state index is -0.116. The van der Waals surface area contributed by atoms with Gasteiger partial charge >= 0.3 is 0 Å². The second-order valence-corrected chi connectivity index (χ2v) is 7.26. The fourth-order valence-electron chi connectivity index (χ4n) is 2.66. The standard InChI is InChI=1S/C19H23N3O2S/c1-22(2)18-10-9-14(12-20-18)21-19(23)16-7-3-4-8-17(16)25-13-15-6-5-11-24-15/h3-4,7-10,12,15H,5-6,11,13H2,1-2H3,(H,21,23). The summed E-state index contributed by atoms with van der Waals surface area (Å²) in [5.41, 5.74) is 1.37. The molecule has 5 nitrogen and oxygen atoms in total. The molecule has 2 heterocycles. The van der Waals surface area contributed by atoms with Crippen LogP contribution in [0, 0.1) is 0 Å². The summed E-state index contributed by atoms with van der Waals surface area (Å²) in [6.45, 7) is 0.850. The third-order valence-electron chi connectivity index (χ3n) is 4.04. The van der Waals surface area contributed by atoms with Crippen LogP contribution in [-0.4, -0.2) is 43.5 Å². The summed E-state index contributed by atoms with van der Waals surface area (Å²) < 4.78 is 5.67. The molecule has 1 atom stereocenters. The van der Waals surface area contributed by atoms with E-state index in [9.17, 15) is 4.79 Å². The number of aromatic nitrogens is 1. The number of benzene rings is 1. The molecule has 1 aliphatic heterocycles. The fourth-order valence-corrected chi connectivity index (χ4v) is 3.78. The number of hydrogen-bond acceptors (Lipinski definition) is 5. The van der Waals surface area contributed by atoms with Gasteiger partial charge in [0.25, 0.3) is 5.91 Å². The largest absolute Gasteiger partial charge is 0.377 e. The molecule has 0 aliphatic carbocycles. The normalized spacial score (nSPS) is 16.6. The van der Waals surface area contributed by atoms with Crippen molar-refractivity contribution in [2.75, 3.05) is 36.7 Å². The van der Waals surface area contributed by atoms with Gasteiger partial charge < -0.3 is 15.0 Å². The van der Waals surface area contributed by atoms with E-state index in [0.717, 1.165) is 35.9 Å². The summed E-state index contributed by atoms with van der Waals surface area (Å²) in [4.78, 5) is 19.9. The van der Waals surface area contributed by atoms with Crippen molar-refractivity contribution < 1.29 is 9.53 Å². The monoisotopic (exact) mass is 357 g/mol. The molecular weight excluding hydrogens is 334 g/mol. The zero-order chi connectivity index (χ0) is 17.6. The van der Waals surface area contributed by atoms with E-state index in [2.05, 4.69) is 10.3 Å². The van der Waals surface area contributed by atoms with Crippen LogP contribution in [0.15, 0.2) is 47.5 Å². The summed E-state index contributed by atoms with van der Waals surface area (Å²) in [5, 5.41) is 2.93. The maximum absolute atomic E-state index is 12.7. The van der Waals surface area contributed by atoms with Crippen molar-refractivity contribution in [1.82, 2.24) is 4.98 Å². The number of hydrogen-bond donors (Lipinski definition) is 1. The van der Waals surface area contributed by atoms with Gasteiger partial charge in [0.1, 0.15) is 5.82 Å². The molecule has 132 valence electrons. The second kappa shape index (κ2) is 8.36. The highest BCUT2D eigenvalue weighted by Crippen LogP contribution is 2.27. The third kappa shape index (κ3) is 4.74. The average Bonchev–Trinajstić information content (AvgIpc) is 3.14. The molecule has 25 heavy (non-hydrogen) atoms. The summed E-state index contributed by atoms with van der Waals surface area (Å²) in [6, 6.07) is 11.4. The lowest BCUT2D eigenvalue weighted by Gasteiger charge is -2.13. The lowest BCUT2D eigenvalue weighted by atomic mass is 10.2. The topological polar surface area (TPSA) is 54.5 Å². The highest BCUT2D eigenvalue weighted by atomic mass is 32.2. The zero-order valence-corrected chi connectivity index (χ0v) is 15.4. The molecule has 6 heteroatoms. The van der Waals surface area contributed by atoms with Crippen molar-refractivity contribution in [3.63, 3.8) is 0 Å². The Morgan fingerprint density at radius 2 is 2.16 bits per heavy atom. The van der Waals surface area contributed by atoms with Crippen molar-refractivity contribution in [2.24, 2.45) is 0 Å². The molecule has 3 rings (SSSR count). The molecular formula is C19H23N3O2S. The van der Waals surface area contributed by atoms with E-state index < -0.39 is 0 Å². The number of nitrogens with one attached hydrogen (secondary N) is 1. The predicted octanol–water partition coefficient (Wildman–Crippen LogP) is 3.67. The number of anilines is 2. The Hall–Kier alpha value is -2.05. The van der Waals surface area contributed by atoms with Crippen molar-refractivity contribution in [3.05, 3.63) is 48.2 Å². The van der Waals surface area contributed by atoms with E-state index in [4.69, 9.17) is 4.74 Å². The van der Waals surface area contributed by atoms with E-state index in [-0.39, 0.29) is 5.91 Å². The number of amides is 1. The number of thioether (sulfide) groups is 1. The molecule has 1 aliphatic rings. The van der Waals surface area contributed by atoms with Crippen LogP contribution in [0.2, 0.25) is 0 Å². The van der Waals surface area contributed by atoms with Crippen LogP contribution in [-0.2, 0) is 4.74 Å². The smallest absolute Gasteiger partial charge is 0.256 e. The first-order valence-corrected chi connectivity index (χ1v) is 9.40. The number of nitrogens with zero attached hydrogens (tertiary/aromatic N) is 2. The summed E-state index contributed by atoms with van der Waals surface area (Å²) in [5.74, 6) is 1.61. The number of carbonyl (C=O) groups excluding carboxylic acids is 1. The SMILES string of the molecule is CN(C)c1ccc(NC(=O)c2ccccc2SCC2CCCO2)cn1. The molecule has 1 saturated heterocycles. The molecule has 1 aromatic carbocycles. The van der Waals surface area contributed by atoms with Crippen LogP contribution >= 0.6 is 11.8 Å². The number of rotatable bonds is 6. The molecule has 0 saturated carbocycles. The van der Waals surface area contributed by atoms with Crippen molar-refractivity contribution in [1.29, 1.82) is 0 Å². The Labute approximate surface area is 152 Å². The minimum absolute atomic E-state index is 0.116. The Kier molecular flexibility index (Phi) is 5.94. The zero-order valence-electron chi connectivity index (χ0n) is 14.6. The van der Waals surface area contributed by atoms with E-state index in [1.807, 2.05) is 55.4 Å². The Morgan fingerprint density at radius 1 is 1.32 bits per heavy atom. The number of carbonyl (C=O) groups is 1. The van der Waals surface area contributed by atoms with Gasteiger partial charge in [0.15, 0.2) is 0 Å². The van der Waals surface area contributed by atoms with Gasteiger partial charge in [0, 0.05) is 31.4 Å². The van der Waals surface area contributed by atoms with Gasteiger partial charge in [-0.1, -0.05) is 12.1 Å². The molecule has 0 spiro atoms. The Morgan fingerprint density at radius 3 is 2.84 bits per heavy atom. The van der Waals surface area contributed by atoms with Gasteiger partial charge in [-0.2, -0.15) is 0 Å². The highest BCUT2D eigenvalue weighted by Gasteiger charge is 2.18. The molecule has 1 aromatic heterocycles. The first-order valence-electron chi connectivity index (χ1n) is 8.41. The van der Waals surface area contributed by atoms with Gasteiger partial charge in [-0.3, -0.25) is 4.79 Å². The lowest BCUT2D eigenvalue weighted by Crippen LogP contribution is -2.15. The fraction of sp³-hybridized carbons (Fsp3) is 0.368. The van der Waals surface area contributed by atoms with Crippen LogP contribution in [0.25, 0.3) is 0 Å². The van der Waals surface area contributed by atoms with Gasteiger partial charge in [-0.25, -0.2) is 4.98 Å². The van der Waals surface area contributed by atoms with Crippen LogP contribution in [0.4, 0.5) is 11.5 Å². The molecule has 1 amide bonds. The maximum atomic E-state index is 12.7. The number of pyridine rings is 1. The third-order valence-corrected chi connectivity index (χ3v) is 5.25. The molecule has 1 unspecified atom stereocenters. The van der Waals surface area contributed by atoms with E-state index in [0.29, 0.717) is 17.4 Å². The average molecular weight is 357 g/mol. The van der Waals surface area contributed by atoms with Gasteiger partial charge in [-0.15, -0.1) is 11.8 Å². The minimum Gasteiger partial charge on any atom is -0.377 e. The van der Waals surface area contributed by atoms with Crippen LogP contribution in [0.5, 0.6) is 0 Å². The van der Waals surface area contributed by atoms with Crippen LogP contribution in [0.1, 0.15) is 23.2 Å². The summed E-state index contributed by atoms with van der Waals surface area (Å²) in [6.07, 6.45) is 4.20. The number of ether oxygens (including phenoxy) is 1. The van der Waals surface area contributed by atoms with E-state index in [1.165, 1.54) is 0 Å². The van der Waals surface area contributed by atoms with Crippen molar-refractivity contribution in [2.45, 2.75) is 23.8 Å². The highest BCUT2D eigenvalue weighted by molar-refractivity contribution is 7.99. The molecule has 0 bridgehead atoms. The van der Waals surface area contributed by atoms with Crippen LogP contribution in [0.3, 0.4) is 0 Å². The quantitative estimate of drug-likeness (QED) is 0.800. The molecule has 2 aromatic rings. The van der Waals surface area contributed by atoms with Crippen LogP contribution < -0.4 is 10.2 Å². The van der Waals surface area contributed by atoms with Gasteiger partial charge in [-0.05, 0) is 37.1 Å². The Balaban J connectivity index is 1.66. The second-order valence-electron chi connectivity index (χ2n) is 6.20. The predicted molar refractivity (Wildman–Crippen MR) is 103 cm³/mol. The van der Waals surface area contributed by atoms with Crippen molar-refractivity contribution in [3.8, 4) is 0 Å². The lowest BCUT2D eigenvalue weighted by molar-refractivity contribution is 0.102. The van der Waals surface area contributed by atoms with Gasteiger partial charge in [0.2, 0.25) is 0 Å². The maximum Gasteiger partial charge on any atom is 0.256 e. The van der Waals surface area contributed by atoms with Crippen molar-refractivity contribution >= 4 is 29.2 Å². The molecule has 1 fully saturated rings. The first-order chi connectivity index (χ1) is 12.1. The van der Waals surface area contributed by atoms with E-state index >= 15 is 0 Å². The van der Waals surface area contributed by atoms with E-state index in [1.54, 1.807) is 18.0 Å². The first kappa shape index (κ1) is 17.8. The Bertz CT molecular complexity index is 713.